The van der Waals surface area contributed by atoms with Crippen LogP contribution in [0.5, 0.6) is 0 Å². The lowest BCUT2D eigenvalue weighted by molar-refractivity contribution is -0.137. The molecule has 0 aromatic heterocycles. The predicted octanol–water partition coefficient (Wildman–Crippen LogP) is 4.35. The van der Waals surface area contributed by atoms with Crippen LogP contribution >= 0.6 is 0 Å². The number of hydrogen-bond acceptors (Lipinski definition) is 4. The fourth-order valence-corrected chi connectivity index (χ4v) is 5.95. The highest BCUT2D eigenvalue weighted by atomic mass is 32.2. The van der Waals surface area contributed by atoms with Gasteiger partial charge in [0.2, 0.25) is 5.91 Å². The van der Waals surface area contributed by atoms with Crippen LogP contribution in [0.1, 0.15) is 52.1 Å². The molecule has 1 amide bonds. The number of benzene rings is 2. The lowest BCUT2D eigenvalue weighted by atomic mass is 10.0. The fraction of sp³-hybridized carbons (Fsp3) is 0.536. The Hall–Kier alpha value is -2.49. The third-order valence-electron chi connectivity index (χ3n) is 6.77. The zero-order chi connectivity index (χ0) is 26.8. The number of carbonyl (C=O) groups is 1. The topological polar surface area (TPSA) is 59.1 Å². The number of likely N-dealkylation sites (N-methyl/N-ethyl adjacent to an activating group) is 1. The Balaban J connectivity index is 1.74. The van der Waals surface area contributed by atoms with Gasteiger partial charge in [0, 0.05) is 58.4 Å². The predicted molar refractivity (Wildman–Crippen MR) is 151 cm³/mol. The van der Waals surface area contributed by atoms with Crippen LogP contribution in [0.4, 0.5) is 15.8 Å². The van der Waals surface area contributed by atoms with E-state index in [0.717, 1.165) is 18.4 Å². The molecule has 1 fully saturated rings. The molecular formula is C28H42FN5O2S. The van der Waals surface area contributed by atoms with E-state index in [1.165, 1.54) is 6.07 Å². The van der Waals surface area contributed by atoms with Crippen LogP contribution in [0.25, 0.3) is 0 Å². The maximum absolute atomic E-state index is 15.3. The van der Waals surface area contributed by atoms with E-state index in [4.69, 9.17) is 0 Å². The second-order valence-electron chi connectivity index (χ2n) is 9.23. The summed E-state index contributed by atoms with van der Waals surface area (Å²) in [7, 11) is 0. The highest BCUT2D eigenvalue weighted by Crippen LogP contribution is 2.29. The Bertz CT molecular complexity index is 1010. The van der Waals surface area contributed by atoms with Crippen molar-refractivity contribution in [2.24, 2.45) is 0 Å². The van der Waals surface area contributed by atoms with E-state index in [-0.39, 0.29) is 17.8 Å². The number of halogens is 1. The van der Waals surface area contributed by atoms with Crippen molar-refractivity contribution in [2.75, 3.05) is 61.6 Å². The molecule has 2 aromatic rings. The molecule has 9 heteroatoms. The van der Waals surface area contributed by atoms with Crippen LogP contribution in [-0.2, 0) is 16.0 Å². The summed E-state index contributed by atoms with van der Waals surface area (Å²) < 4.78 is 32.8. The Morgan fingerprint density at radius 1 is 1.00 bits per heavy atom. The van der Waals surface area contributed by atoms with Gasteiger partial charge in [-0.05, 0) is 44.4 Å². The molecular weight excluding hydrogens is 489 g/mol. The van der Waals surface area contributed by atoms with E-state index in [2.05, 4.69) is 9.62 Å². The van der Waals surface area contributed by atoms with Crippen LogP contribution in [0, 0.1) is 5.82 Å². The summed E-state index contributed by atoms with van der Waals surface area (Å²) in [6.07, 6.45) is 1.68. The molecule has 2 atom stereocenters. The lowest BCUT2D eigenvalue weighted by Crippen LogP contribution is -2.52. The second-order valence-corrected chi connectivity index (χ2v) is 10.5. The number of amides is 1. The molecule has 0 saturated carbocycles. The monoisotopic (exact) mass is 531 g/mol. The number of anilines is 2. The molecule has 2 aromatic carbocycles. The summed E-state index contributed by atoms with van der Waals surface area (Å²) in [4.78, 5) is 19.6. The molecule has 0 radical (unpaired) electrons. The number of nitrogens with one attached hydrogen (secondary N) is 1. The highest BCUT2D eigenvalue weighted by Gasteiger charge is 2.33. The molecule has 0 aliphatic carbocycles. The standard InChI is InChI=1S/C28H42FN5O2S/c1-5-16-30-37(36)34(17-6-2)24-14-15-26(25(29)22-24)32-18-20-33(21-19-32)27(23-12-10-9-11-13-23)28(35)31(7-3)8-4/h9-15,22,27,30H,5-8,16-21H2,1-4H3. The maximum Gasteiger partial charge on any atom is 0.244 e. The lowest BCUT2D eigenvalue weighted by Gasteiger charge is -2.41. The molecule has 1 N–H and O–H groups in total. The largest absolute Gasteiger partial charge is 0.367 e. The molecule has 0 spiro atoms. The van der Waals surface area contributed by atoms with Crippen molar-refractivity contribution in [2.45, 2.75) is 46.6 Å². The molecule has 37 heavy (non-hydrogen) atoms. The Morgan fingerprint density at radius 2 is 1.68 bits per heavy atom. The Labute approximate surface area is 224 Å². The molecule has 1 aliphatic rings. The van der Waals surface area contributed by atoms with Gasteiger partial charge in [0.15, 0.2) is 11.2 Å². The van der Waals surface area contributed by atoms with Crippen molar-refractivity contribution in [1.82, 2.24) is 14.5 Å². The number of hydrogen-bond donors (Lipinski definition) is 1. The molecule has 1 saturated heterocycles. The summed E-state index contributed by atoms with van der Waals surface area (Å²) in [6.45, 7) is 13.1. The summed E-state index contributed by atoms with van der Waals surface area (Å²) >= 11 is -1.41. The Kier molecular flexibility index (Phi) is 11.4. The minimum absolute atomic E-state index is 0.112. The smallest absolute Gasteiger partial charge is 0.244 e. The first-order chi connectivity index (χ1) is 17.9. The van der Waals surface area contributed by atoms with E-state index in [1.807, 2.05) is 73.9 Å². The summed E-state index contributed by atoms with van der Waals surface area (Å²) in [5, 5.41) is 0. The minimum Gasteiger partial charge on any atom is -0.367 e. The third-order valence-corrected chi connectivity index (χ3v) is 8.01. The minimum atomic E-state index is -1.41. The van der Waals surface area contributed by atoms with E-state index >= 15 is 4.39 Å². The van der Waals surface area contributed by atoms with Gasteiger partial charge in [-0.3, -0.25) is 14.0 Å². The van der Waals surface area contributed by atoms with Gasteiger partial charge in [0.05, 0.1) is 11.4 Å². The van der Waals surface area contributed by atoms with E-state index in [9.17, 15) is 9.00 Å². The van der Waals surface area contributed by atoms with Crippen LogP contribution in [-0.4, -0.2) is 72.3 Å². The normalized spacial score (nSPS) is 15.9. The summed E-state index contributed by atoms with van der Waals surface area (Å²) in [5.41, 5.74) is 2.14. The average molecular weight is 532 g/mol. The summed E-state index contributed by atoms with van der Waals surface area (Å²) in [5.74, 6) is -0.209. The maximum atomic E-state index is 15.3. The third kappa shape index (κ3) is 7.30. The van der Waals surface area contributed by atoms with Gasteiger partial charge in [0.1, 0.15) is 11.9 Å². The molecule has 7 nitrogen and oxygen atoms in total. The van der Waals surface area contributed by atoms with Gasteiger partial charge in [0.25, 0.3) is 0 Å². The first-order valence-electron chi connectivity index (χ1n) is 13.5. The van der Waals surface area contributed by atoms with Gasteiger partial charge < -0.3 is 9.80 Å². The number of rotatable bonds is 13. The second kappa shape index (κ2) is 14.4. The molecule has 0 bridgehead atoms. The zero-order valence-electron chi connectivity index (χ0n) is 22.7. The number of nitrogens with zero attached hydrogens (tertiary/aromatic N) is 4. The molecule has 1 heterocycles. The van der Waals surface area contributed by atoms with Crippen molar-refractivity contribution in [3.63, 3.8) is 0 Å². The van der Waals surface area contributed by atoms with Crippen molar-refractivity contribution >= 4 is 28.5 Å². The fourth-order valence-electron chi connectivity index (χ4n) is 4.76. The molecule has 204 valence electrons. The van der Waals surface area contributed by atoms with Crippen molar-refractivity contribution < 1.29 is 13.4 Å². The van der Waals surface area contributed by atoms with E-state index < -0.39 is 11.2 Å². The quantitative estimate of drug-likeness (QED) is 0.418. The highest BCUT2D eigenvalue weighted by molar-refractivity contribution is 7.84. The summed E-state index contributed by atoms with van der Waals surface area (Å²) in [6, 6.07) is 14.7. The van der Waals surface area contributed by atoms with Crippen LogP contribution in [0.15, 0.2) is 48.5 Å². The average Bonchev–Trinajstić information content (AvgIpc) is 2.92. The number of piperazine rings is 1. The van der Waals surface area contributed by atoms with Gasteiger partial charge in [-0.25, -0.2) is 13.3 Å². The van der Waals surface area contributed by atoms with Crippen LogP contribution in [0.3, 0.4) is 0 Å². The molecule has 1 aliphatic heterocycles. The SMILES string of the molecule is CCCNS(=O)N(CCC)c1ccc(N2CCN(C(C(=O)N(CC)CC)c3ccccc3)CC2)c(F)c1. The van der Waals surface area contributed by atoms with E-state index in [1.54, 1.807) is 10.4 Å². The van der Waals surface area contributed by atoms with Gasteiger partial charge in [-0.15, -0.1) is 0 Å². The van der Waals surface area contributed by atoms with Gasteiger partial charge in [-0.2, -0.15) is 0 Å². The molecule has 2 unspecified atom stereocenters. The first kappa shape index (κ1) is 29.1. The first-order valence-corrected chi connectivity index (χ1v) is 14.6. The van der Waals surface area contributed by atoms with E-state index in [0.29, 0.717) is 63.7 Å². The van der Waals surface area contributed by atoms with Crippen LogP contribution < -0.4 is 13.9 Å². The van der Waals surface area contributed by atoms with Gasteiger partial charge in [-0.1, -0.05) is 44.2 Å². The van der Waals surface area contributed by atoms with Gasteiger partial charge >= 0.3 is 0 Å². The molecule has 3 rings (SSSR count). The van der Waals surface area contributed by atoms with Crippen LogP contribution in [0.2, 0.25) is 0 Å². The van der Waals surface area contributed by atoms with Crippen molar-refractivity contribution in [1.29, 1.82) is 0 Å². The number of carbonyl (C=O) groups excluding carboxylic acids is 1. The van der Waals surface area contributed by atoms with Crippen molar-refractivity contribution in [3.8, 4) is 0 Å². The zero-order valence-corrected chi connectivity index (χ0v) is 23.5. The Morgan fingerprint density at radius 3 is 2.24 bits per heavy atom. The van der Waals surface area contributed by atoms with Crippen molar-refractivity contribution in [3.05, 3.63) is 59.9 Å².